The molecule has 0 radical (unpaired) electrons. The molecule has 4 nitrogen and oxygen atoms in total. The van der Waals surface area contributed by atoms with E-state index in [0.29, 0.717) is 0 Å². The van der Waals surface area contributed by atoms with Crippen molar-refractivity contribution in [2.24, 2.45) is 0 Å². The van der Waals surface area contributed by atoms with E-state index in [1.807, 2.05) is 44.2 Å². The van der Waals surface area contributed by atoms with Crippen LogP contribution in [-0.4, -0.2) is 29.2 Å². The third-order valence-electron chi connectivity index (χ3n) is 1.88. The Morgan fingerprint density at radius 3 is 2.54 bits per heavy atom. The molecule has 0 N–H and O–H groups in total. The lowest BCUT2D eigenvalue weighted by molar-refractivity contribution is 0.563. The van der Waals surface area contributed by atoms with Crippen LogP contribution in [0.4, 0.5) is 0 Å². The maximum Gasteiger partial charge on any atom is 0.115 e. The molecule has 1 aromatic heterocycles. The monoisotopic (exact) mass is 176 g/mol. The second kappa shape index (κ2) is 2.73. The predicted octanol–water partition coefficient (Wildman–Crippen LogP) is 0.937. The molecule has 0 saturated heterocycles. The van der Waals surface area contributed by atoms with E-state index in [0.717, 1.165) is 11.0 Å². The largest absolute Gasteiger partial charge is 0.286 e. The second-order valence-electron chi connectivity index (χ2n) is 3.31. The van der Waals surface area contributed by atoms with Gasteiger partial charge in [-0.3, -0.25) is 5.01 Å². The van der Waals surface area contributed by atoms with Crippen LogP contribution in [0.2, 0.25) is 0 Å². The van der Waals surface area contributed by atoms with Gasteiger partial charge in [0.15, 0.2) is 0 Å². The fraction of sp³-hybridized carbons (Fsp3) is 0.333. The van der Waals surface area contributed by atoms with Gasteiger partial charge in [0, 0.05) is 14.1 Å². The maximum absolute atomic E-state index is 4.30. The topological polar surface area (TPSA) is 34.0 Å². The Kier molecular flexibility index (Phi) is 1.69. The van der Waals surface area contributed by atoms with Gasteiger partial charge in [-0.15, -0.1) is 10.2 Å². The molecule has 0 atom stereocenters. The van der Waals surface area contributed by atoms with Crippen molar-refractivity contribution >= 4 is 11.0 Å². The van der Waals surface area contributed by atoms with E-state index in [1.165, 1.54) is 5.56 Å². The van der Waals surface area contributed by atoms with Gasteiger partial charge in [-0.05, 0) is 24.6 Å². The number of fused-ring (bicyclic) bond motifs is 1. The van der Waals surface area contributed by atoms with E-state index in [4.69, 9.17) is 0 Å². The van der Waals surface area contributed by atoms with E-state index >= 15 is 0 Å². The van der Waals surface area contributed by atoms with Crippen LogP contribution in [0.3, 0.4) is 0 Å². The highest BCUT2D eigenvalue weighted by Crippen LogP contribution is 2.10. The number of hydrogen-bond donors (Lipinski definition) is 0. The molecule has 4 heteroatoms. The Morgan fingerprint density at radius 2 is 1.85 bits per heavy atom. The smallest absolute Gasteiger partial charge is 0.115 e. The van der Waals surface area contributed by atoms with Crippen molar-refractivity contribution in [2.75, 3.05) is 19.1 Å². The molecule has 0 amide bonds. The van der Waals surface area contributed by atoms with Crippen molar-refractivity contribution in [2.45, 2.75) is 6.92 Å². The van der Waals surface area contributed by atoms with Gasteiger partial charge >= 0.3 is 0 Å². The number of aromatic nitrogens is 3. The highest BCUT2D eigenvalue weighted by Gasteiger charge is 2.02. The quantitative estimate of drug-likeness (QED) is 0.648. The first-order valence-corrected chi connectivity index (χ1v) is 4.18. The molecule has 0 saturated carbocycles. The van der Waals surface area contributed by atoms with Gasteiger partial charge < -0.3 is 0 Å². The van der Waals surface area contributed by atoms with Gasteiger partial charge in [0.05, 0.1) is 0 Å². The summed E-state index contributed by atoms with van der Waals surface area (Å²) in [5.74, 6) is 0. The van der Waals surface area contributed by atoms with Crippen LogP contribution < -0.4 is 5.01 Å². The summed E-state index contributed by atoms with van der Waals surface area (Å²) in [6, 6.07) is 6.05. The van der Waals surface area contributed by atoms with Crippen molar-refractivity contribution in [3.63, 3.8) is 0 Å². The Labute approximate surface area is 76.7 Å². The number of aryl methyl sites for hydroxylation is 1. The predicted molar refractivity (Wildman–Crippen MR) is 52.3 cm³/mol. The second-order valence-corrected chi connectivity index (χ2v) is 3.31. The molecule has 68 valence electrons. The molecule has 0 aliphatic rings. The first-order valence-electron chi connectivity index (χ1n) is 4.18. The third kappa shape index (κ3) is 1.35. The number of benzene rings is 1. The summed E-state index contributed by atoms with van der Waals surface area (Å²) >= 11 is 0. The molecule has 0 bridgehead atoms. The van der Waals surface area contributed by atoms with Crippen molar-refractivity contribution in [3.05, 3.63) is 23.8 Å². The summed E-state index contributed by atoms with van der Waals surface area (Å²) in [4.78, 5) is 1.59. The Balaban J connectivity index is 2.62. The molecule has 0 aliphatic heterocycles. The number of rotatable bonds is 1. The highest BCUT2D eigenvalue weighted by molar-refractivity contribution is 5.74. The zero-order chi connectivity index (χ0) is 9.42. The molecule has 1 heterocycles. The van der Waals surface area contributed by atoms with Crippen LogP contribution in [-0.2, 0) is 0 Å². The Morgan fingerprint density at radius 1 is 1.15 bits per heavy atom. The van der Waals surface area contributed by atoms with Crippen LogP contribution in [0, 0.1) is 6.92 Å². The Hall–Kier alpha value is -1.58. The zero-order valence-electron chi connectivity index (χ0n) is 8.02. The molecule has 0 spiro atoms. The lowest BCUT2D eigenvalue weighted by Gasteiger charge is -2.07. The minimum Gasteiger partial charge on any atom is -0.286 e. The summed E-state index contributed by atoms with van der Waals surface area (Å²) in [6.07, 6.45) is 0. The van der Waals surface area contributed by atoms with Gasteiger partial charge in [0.1, 0.15) is 11.0 Å². The minimum absolute atomic E-state index is 0.930. The number of hydrogen-bond acceptors (Lipinski definition) is 3. The average Bonchev–Trinajstić information content (AvgIpc) is 2.46. The summed E-state index contributed by atoms with van der Waals surface area (Å²) in [5, 5.41) is 10.4. The lowest BCUT2D eigenvalue weighted by atomic mass is 10.2. The average molecular weight is 176 g/mol. The van der Waals surface area contributed by atoms with E-state index < -0.39 is 0 Å². The van der Waals surface area contributed by atoms with E-state index in [2.05, 4.69) is 10.2 Å². The van der Waals surface area contributed by atoms with Crippen LogP contribution in [0.5, 0.6) is 0 Å². The van der Waals surface area contributed by atoms with Gasteiger partial charge in [-0.1, -0.05) is 11.0 Å². The minimum atomic E-state index is 0.930. The first-order chi connectivity index (χ1) is 6.16. The van der Waals surface area contributed by atoms with Crippen LogP contribution in [0.1, 0.15) is 5.56 Å². The maximum atomic E-state index is 4.30. The number of nitrogens with zero attached hydrogens (tertiary/aromatic N) is 4. The van der Waals surface area contributed by atoms with Gasteiger partial charge in [-0.2, -0.15) is 0 Å². The lowest BCUT2D eigenvalue weighted by Crippen LogP contribution is -2.27. The molecule has 1 aromatic carbocycles. The van der Waals surface area contributed by atoms with Gasteiger partial charge in [-0.25, -0.2) is 0 Å². The molecular weight excluding hydrogens is 164 g/mol. The molecule has 0 aliphatic carbocycles. The molecule has 2 rings (SSSR count). The van der Waals surface area contributed by atoms with Crippen LogP contribution in [0.25, 0.3) is 11.0 Å². The van der Waals surface area contributed by atoms with Crippen LogP contribution in [0.15, 0.2) is 18.2 Å². The standard InChI is InChI=1S/C9H12N4/c1-7-4-5-8-9(6-7)11-13(10-8)12(2)3/h4-6H,1-3H3. The first kappa shape index (κ1) is 8.04. The SMILES string of the molecule is Cc1ccc2nn(N(C)C)nc2c1. The fourth-order valence-electron chi connectivity index (χ4n) is 1.19. The van der Waals surface area contributed by atoms with Gasteiger partial charge in [0.25, 0.3) is 0 Å². The third-order valence-corrected chi connectivity index (χ3v) is 1.88. The summed E-state index contributed by atoms with van der Waals surface area (Å²) in [7, 11) is 3.82. The van der Waals surface area contributed by atoms with E-state index in [-0.39, 0.29) is 0 Å². The molecule has 0 unspecified atom stereocenters. The summed E-state index contributed by atoms with van der Waals surface area (Å²) < 4.78 is 0. The zero-order valence-corrected chi connectivity index (χ0v) is 8.02. The summed E-state index contributed by atoms with van der Waals surface area (Å²) in [6.45, 7) is 2.05. The highest BCUT2D eigenvalue weighted by atomic mass is 15.7. The fourth-order valence-corrected chi connectivity index (χ4v) is 1.19. The van der Waals surface area contributed by atoms with Gasteiger partial charge in [0.2, 0.25) is 0 Å². The van der Waals surface area contributed by atoms with E-state index in [9.17, 15) is 0 Å². The Bertz CT molecular complexity index is 430. The van der Waals surface area contributed by atoms with Crippen LogP contribution >= 0.6 is 0 Å². The van der Waals surface area contributed by atoms with Crippen molar-refractivity contribution in [1.82, 2.24) is 15.1 Å². The molecule has 13 heavy (non-hydrogen) atoms. The molecule has 2 aromatic rings. The molecular formula is C9H12N4. The van der Waals surface area contributed by atoms with Crippen molar-refractivity contribution in [1.29, 1.82) is 0 Å². The van der Waals surface area contributed by atoms with Crippen molar-refractivity contribution in [3.8, 4) is 0 Å². The molecule has 0 fully saturated rings. The normalized spacial score (nSPS) is 10.7. The summed E-state index contributed by atoms with van der Waals surface area (Å²) in [5.41, 5.74) is 3.08. The van der Waals surface area contributed by atoms with E-state index in [1.54, 1.807) is 4.91 Å². The van der Waals surface area contributed by atoms with Crippen molar-refractivity contribution < 1.29 is 0 Å².